The zero-order valence-electron chi connectivity index (χ0n) is 9.92. The molecule has 0 saturated carbocycles. The molecule has 1 heterocycles. The number of halogens is 1. The molecule has 0 spiro atoms. The Kier molecular flexibility index (Phi) is 3.91. The van der Waals surface area contributed by atoms with Gasteiger partial charge in [0.1, 0.15) is 12.7 Å². The second kappa shape index (κ2) is 5.61. The van der Waals surface area contributed by atoms with Gasteiger partial charge in [0.15, 0.2) is 0 Å². The van der Waals surface area contributed by atoms with E-state index in [0.29, 0.717) is 5.69 Å². The molecule has 7 nitrogen and oxygen atoms in total. The highest BCUT2D eigenvalue weighted by Gasteiger charge is 2.15. The normalized spacial score (nSPS) is 10.0. The van der Waals surface area contributed by atoms with E-state index in [1.54, 1.807) is 12.1 Å². The van der Waals surface area contributed by atoms with Crippen molar-refractivity contribution in [2.45, 2.75) is 6.92 Å². The van der Waals surface area contributed by atoms with Crippen molar-refractivity contribution in [3.8, 4) is 0 Å². The standard InChI is InChI=1S/C11H10BrN5O2/c1-7-4-8(12)2-3-9(7)15-10(18)11(19)16-17-5-13-14-6-17/h2-6H,1H3,(H,15,18)(H,16,19). The number of nitrogens with one attached hydrogen (secondary N) is 2. The van der Waals surface area contributed by atoms with Crippen molar-refractivity contribution >= 4 is 33.4 Å². The van der Waals surface area contributed by atoms with E-state index in [-0.39, 0.29) is 0 Å². The molecular weight excluding hydrogens is 314 g/mol. The predicted octanol–water partition coefficient (Wildman–Crippen LogP) is 1.06. The molecule has 2 N–H and O–H groups in total. The van der Waals surface area contributed by atoms with Gasteiger partial charge in [-0.15, -0.1) is 10.2 Å². The maximum absolute atomic E-state index is 11.7. The van der Waals surface area contributed by atoms with Crippen LogP contribution in [0.4, 0.5) is 5.69 Å². The summed E-state index contributed by atoms with van der Waals surface area (Å²) in [6, 6.07) is 5.33. The van der Waals surface area contributed by atoms with E-state index >= 15 is 0 Å². The zero-order chi connectivity index (χ0) is 13.8. The number of hydrogen-bond donors (Lipinski definition) is 2. The first-order chi connectivity index (χ1) is 9.06. The average Bonchev–Trinajstić information content (AvgIpc) is 2.85. The van der Waals surface area contributed by atoms with Gasteiger partial charge in [0.25, 0.3) is 0 Å². The van der Waals surface area contributed by atoms with E-state index in [4.69, 9.17) is 0 Å². The number of hydrogen-bond acceptors (Lipinski definition) is 4. The summed E-state index contributed by atoms with van der Waals surface area (Å²) in [5, 5.41) is 9.53. The van der Waals surface area contributed by atoms with Crippen LogP contribution in [0.15, 0.2) is 35.3 Å². The summed E-state index contributed by atoms with van der Waals surface area (Å²) in [6.45, 7) is 1.83. The summed E-state index contributed by atoms with van der Waals surface area (Å²) in [4.78, 5) is 23.3. The molecule has 0 saturated heterocycles. The second-order valence-electron chi connectivity index (χ2n) is 3.72. The van der Waals surface area contributed by atoms with Crippen LogP contribution in [0, 0.1) is 6.92 Å². The first-order valence-electron chi connectivity index (χ1n) is 5.29. The molecule has 1 aromatic heterocycles. The molecule has 2 amide bonds. The van der Waals surface area contributed by atoms with Crippen LogP contribution in [0.3, 0.4) is 0 Å². The van der Waals surface area contributed by atoms with Crippen molar-refractivity contribution < 1.29 is 9.59 Å². The first kappa shape index (κ1) is 13.2. The van der Waals surface area contributed by atoms with Gasteiger partial charge in [0.2, 0.25) is 0 Å². The zero-order valence-corrected chi connectivity index (χ0v) is 11.5. The number of carbonyl (C=O) groups excluding carboxylic acids is 2. The number of benzene rings is 1. The Labute approximate surface area is 117 Å². The molecule has 1 aromatic carbocycles. The van der Waals surface area contributed by atoms with Gasteiger partial charge in [-0.05, 0) is 30.7 Å². The highest BCUT2D eigenvalue weighted by atomic mass is 79.9. The van der Waals surface area contributed by atoms with Crippen molar-refractivity contribution in [2.75, 3.05) is 10.7 Å². The molecule has 19 heavy (non-hydrogen) atoms. The van der Waals surface area contributed by atoms with E-state index in [0.717, 1.165) is 10.0 Å². The number of carbonyl (C=O) groups is 2. The third kappa shape index (κ3) is 3.38. The third-order valence-electron chi connectivity index (χ3n) is 2.29. The predicted molar refractivity (Wildman–Crippen MR) is 71.9 cm³/mol. The number of nitrogens with zero attached hydrogens (tertiary/aromatic N) is 3. The van der Waals surface area contributed by atoms with Crippen LogP contribution >= 0.6 is 15.9 Å². The van der Waals surface area contributed by atoms with E-state index in [1.165, 1.54) is 17.3 Å². The second-order valence-corrected chi connectivity index (χ2v) is 4.64. The Morgan fingerprint density at radius 3 is 2.53 bits per heavy atom. The molecule has 98 valence electrons. The van der Waals surface area contributed by atoms with Crippen LogP contribution in [-0.4, -0.2) is 26.7 Å². The Bertz CT molecular complexity index is 612. The van der Waals surface area contributed by atoms with Gasteiger partial charge in [-0.1, -0.05) is 15.9 Å². The van der Waals surface area contributed by atoms with Crippen LogP contribution in [0.5, 0.6) is 0 Å². The van der Waals surface area contributed by atoms with Crippen LogP contribution in [0.25, 0.3) is 0 Å². The average molecular weight is 324 g/mol. The summed E-state index contributed by atoms with van der Waals surface area (Å²) in [5.74, 6) is -1.57. The molecule has 0 atom stereocenters. The number of rotatable bonds is 2. The van der Waals surface area contributed by atoms with E-state index in [1.807, 2.05) is 13.0 Å². The van der Waals surface area contributed by atoms with Gasteiger partial charge < -0.3 is 5.32 Å². The van der Waals surface area contributed by atoms with Crippen molar-refractivity contribution in [1.82, 2.24) is 14.9 Å². The Hall–Kier alpha value is -2.22. The van der Waals surface area contributed by atoms with E-state index in [2.05, 4.69) is 36.9 Å². The van der Waals surface area contributed by atoms with Gasteiger partial charge >= 0.3 is 11.8 Å². The molecule has 0 aliphatic heterocycles. The lowest BCUT2D eigenvalue weighted by molar-refractivity contribution is -0.133. The minimum absolute atomic E-state index is 0.576. The fraction of sp³-hybridized carbons (Fsp3) is 0.0909. The number of anilines is 1. The van der Waals surface area contributed by atoms with E-state index in [9.17, 15) is 9.59 Å². The summed E-state index contributed by atoms with van der Waals surface area (Å²) in [5.41, 5.74) is 3.73. The quantitative estimate of drug-likeness (QED) is 0.809. The van der Waals surface area contributed by atoms with Crippen LogP contribution < -0.4 is 10.7 Å². The lowest BCUT2D eigenvalue weighted by Crippen LogP contribution is -2.33. The molecule has 0 aliphatic rings. The van der Waals surface area contributed by atoms with Crippen LogP contribution in [-0.2, 0) is 9.59 Å². The monoisotopic (exact) mass is 323 g/mol. The fourth-order valence-corrected chi connectivity index (χ4v) is 1.85. The SMILES string of the molecule is Cc1cc(Br)ccc1NC(=O)C(=O)Nn1cnnc1. The first-order valence-corrected chi connectivity index (χ1v) is 6.08. The van der Waals surface area contributed by atoms with Crippen molar-refractivity contribution in [2.24, 2.45) is 0 Å². The lowest BCUT2D eigenvalue weighted by Gasteiger charge is -2.08. The van der Waals surface area contributed by atoms with Crippen molar-refractivity contribution in [1.29, 1.82) is 0 Å². The molecule has 0 unspecified atom stereocenters. The summed E-state index contributed by atoms with van der Waals surface area (Å²) >= 11 is 3.32. The minimum Gasteiger partial charge on any atom is -0.317 e. The highest BCUT2D eigenvalue weighted by Crippen LogP contribution is 2.19. The molecule has 0 aliphatic carbocycles. The Morgan fingerprint density at radius 1 is 1.21 bits per heavy atom. The lowest BCUT2D eigenvalue weighted by atomic mass is 10.2. The maximum atomic E-state index is 11.7. The summed E-state index contributed by atoms with van der Waals surface area (Å²) in [6.07, 6.45) is 2.55. The molecule has 0 fully saturated rings. The maximum Gasteiger partial charge on any atom is 0.328 e. The molecular formula is C11H10BrN5O2. The van der Waals surface area contributed by atoms with Gasteiger partial charge in [0.05, 0.1) is 0 Å². The van der Waals surface area contributed by atoms with Gasteiger partial charge in [-0.3, -0.25) is 15.0 Å². The molecule has 8 heteroatoms. The number of aromatic nitrogens is 3. The number of aryl methyl sites for hydroxylation is 1. The Morgan fingerprint density at radius 2 is 1.89 bits per heavy atom. The van der Waals surface area contributed by atoms with Gasteiger partial charge in [0, 0.05) is 10.2 Å². The molecule has 0 radical (unpaired) electrons. The van der Waals surface area contributed by atoms with Gasteiger partial charge in [-0.25, -0.2) is 4.68 Å². The summed E-state index contributed by atoms with van der Waals surface area (Å²) < 4.78 is 2.09. The topological polar surface area (TPSA) is 88.9 Å². The fourth-order valence-electron chi connectivity index (χ4n) is 1.37. The third-order valence-corrected chi connectivity index (χ3v) is 2.79. The number of amides is 2. The van der Waals surface area contributed by atoms with Crippen molar-refractivity contribution in [3.05, 3.63) is 40.9 Å². The summed E-state index contributed by atoms with van der Waals surface area (Å²) in [7, 11) is 0. The molecule has 2 aromatic rings. The smallest absolute Gasteiger partial charge is 0.317 e. The van der Waals surface area contributed by atoms with Gasteiger partial charge in [-0.2, -0.15) is 0 Å². The Balaban J connectivity index is 2.02. The van der Waals surface area contributed by atoms with Crippen LogP contribution in [0.1, 0.15) is 5.56 Å². The van der Waals surface area contributed by atoms with Crippen molar-refractivity contribution in [3.63, 3.8) is 0 Å². The highest BCUT2D eigenvalue weighted by molar-refractivity contribution is 9.10. The minimum atomic E-state index is -0.804. The van der Waals surface area contributed by atoms with Crippen LogP contribution in [0.2, 0.25) is 0 Å². The largest absolute Gasteiger partial charge is 0.328 e. The molecule has 2 rings (SSSR count). The molecule has 0 bridgehead atoms. The van der Waals surface area contributed by atoms with E-state index < -0.39 is 11.8 Å².